The largest absolute Gasteiger partial charge is 0.373 e. The molecule has 4 aromatic rings. The predicted octanol–water partition coefficient (Wildman–Crippen LogP) is 3.51. The van der Waals surface area contributed by atoms with Crippen molar-refractivity contribution in [3.05, 3.63) is 97.9 Å². The molecule has 1 aliphatic rings. The number of rotatable bonds is 6. The van der Waals surface area contributed by atoms with Crippen molar-refractivity contribution in [2.75, 3.05) is 0 Å². The smallest absolute Gasteiger partial charge is 0.330 e. The lowest BCUT2D eigenvalue weighted by Gasteiger charge is -2.35. The number of nitrogens with zero attached hydrogens (tertiary/aromatic N) is 3. The maximum absolute atomic E-state index is 13.2. The van der Waals surface area contributed by atoms with E-state index >= 15 is 0 Å². The molecule has 31 heavy (non-hydrogen) atoms. The van der Waals surface area contributed by atoms with Crippen LogP contribution >= 0.6 is 11.6 Å². The molecule has 1 fully saturated rings. The fraction of sp³-hybridized carbons (Fsp3) is 0.261. The van der Waals surface area contributed by atoms with E-state index in [9.17, 15) is 9.59 Å². The van der Waals surface area contributed by atoms with Crippen LogP contribution in [0.2, 0.25) is 5.02 Å². The quantitative estimate of drug-likeness (QED) is 0.501. The highest BCUT2D eigenvalue weighted by molar-refractivity contribution is 6.30. The summed E-state index contributed by atoms with van der Waals surface area (Å²) < 4.78 is 8.99. The Labute approximate surface area is 182 Å². The SMILES string of the molecule is O=c1[nH]c2ncn(Cc3ccc(Cl)cc3)c2c(=O)n1C1CC(OCc2ccccc2)C1. The van der Waals surface area contributed by atoms with E-state index in [0.29, 0.717) is 42.2 Å². The van der Waals surface area contributed by atoms with E-state index in [1.165, 1.54) is 4.57 Å². The van der Waals surface area contributed by atoms with Crippen molar-refractivity contribution < 1.29 is 4.74 Å². The molecule has 0 radical (unpaired) electrons. The molecular formula is C23H21ClN4O3. The van der Waals surface area contributed by atoms with Crippen LogP contribution in [0.25, 0.3) is 11.2 Å². The van der Waals surface area contributed by atoms with E-state index in [-0.39, 0.29) is 17.7 Å². The molecule has 158 valence electrons. The van der Waals surface area contributed by atoms with Crippen LogP contribution in [0.15, 0.2) is 70.5 Å². The lowest BCUT2D eigenvalue weighted by molar-refractivity contribution is -0.0372. The van der Waals surface area contributed by atoms with Gasteiger partial charge in [-0.3, -0.25) is 14.3 Å². The normalized spacial score (nSPS) is 18.2. The average molecular weight is 437 g/mol. The fourth-order valence-corrected chi connectivity index (χ4v) is 4.10. The number of aromatic nitrogens is 4. The van der Waals surface area contributed by atoms with Gasteiger partial charge in [-0.15, -0.1) is 0 Å². The highest BCUT2D eigenvalue weighted by Crippen LogP contribution is 2.33. The van der Waals surface area contributed by atoms with Gasteiger partial charge in [-0.25, -0.2) is 9.78 Å². The Hall–Kier alpha value is -3.16. The molecule has 1 N–H and O–H groups in total. The Morgan fingerprint density at radius 1 is 1.03 bits per heavy atom. The molecule has 5 rings (SSSR count). The number of imidazole rings is 1. The lowest BCUT2D eigenvalue weighted by atomic mass is 9.89. The summed E-state index contributed by atoms with van der Waals surface area (Å²) in [6.45, 7) is 0.985. The Morgan fingerprint density at radius 3 is 2.52 bits per heavy atom. The number of fused-ring (bicyclic) bond motifs is 1. The van der Waals surface area contributed by atoms with Crippen LogP contribution in [0.1, 0.15) is 30.0 Å². The number of aromatic amines is 1. The molecule has 2 aromatic heterocycles. The summed E-state index contributed by atoms with van der Waals surface area (Å²) in [5.74, 6) is 0. The summed E-state index contributed by atoms with van der Waals surface area (Å²) in [5, 5.41) is 0.653. The van der Waals surface area contributed by atoms with Gasteiger partial charge in [0.2, 0.25) is 0 Å². The second-order valence-electron chi connectivity index (χ2n) is 7.85. The van der Waals surface area contributed by atoms with Crippen LogP contribution in [0, 0.1) is 0 Å². The van der Waals surface area contributed by atoms with Gasteiger partial charge in [-0.05, 0) is 36.1 Å². The third-order valence-corrected chi connectivity index (χ3v) is 5.99. The maximum atomic E-state index is 13.2. The number of hydrogen-bond acceptors (Lipinski definition) is 4. The molecule has 0 atom stereocenters. The zero-order valence-corrected chi connectivity index (χ0v) is 17.5. The number of benzene rings is 2. The van der Waals surface area contributed by atoms with Crippen molar-refractivity contribution >= 4 is 22.8 Å². The van der Waals surface area contributed by atoms with Crippen LogP contribution in [0.3, 0.4) is 0 Å². The molecule has 0 aliphatic heterocycles. The van der Waals surface area contributed by atoms with Crippen LogP contribution in [-0.4, -0.2) is 25.2 Å². The molecule has 0 unspecified atom stereocenters. The second-order valence-corrected chi connectivity index (χ2v) is 8.28. The third kappa shape index (κ3) is 3.94. The fourth-order valence-electron chi connectivity index (χ4n) is 3.98. The van der Waals surface area contributed by atoms with Gasteiger partial charge in [-0.2, -0.15) is 0 Å². The predicted molar refractivity (Wildman–Crippen MR) is 118 cm³/mol. The van der Waals surface area contributed by atoms with E-state index in [2.05, 4.69) is 9.97 Å². The highest BCUT2D eigenvalue weighted by atomic mass is 35.5. The zero-order valence-electron chi connectivity index (χ0n) is 16.7. The molecule has 8 heteroatoms. The zero-order chi connectivity index (χ0) is 21.4. The van der Waals surface area contributed by atoms with E-state index < -0.39 is 5.69 Å². The van der Waals surface area contributed by atoms with Crippen LogP contribution in [0.4, 0.5) is 0 Å². The minimum atomic E-state index is -0.430. The number of H-pyrrole nitrogens is 1. The van der Waals surface area contributed by atoms with Gasteiger partial charge < -0.3 is 9.30 Å². The first-order chi connectivity index (χ1) is 15.1. The van der Waals surface area contributed by atoms with Crippen LogP contribution in [-0.2, 0) is 17.9 Å². The first-order valence-electron chi connectivity index (χ1n) is 10.2. The summed E-state index contributed by atoms with van der Waals surface area (Å²) in [6, 6.07) is 17.2. The highest BCUT2D eigenvalue weighted by Gasteiger charge is 2.34. The van der Waals surface area contributed by atoms with E-state index in [4.69, 9.17) is 16.3 Å². The van der Waals surface area contributed by atoms with Gasteiger partial charge in [0.25, 0.3) is 5.56 Å². The average Bonchev–Trinajstić information content (AvgIpc) is 3.13. The summed E-state index contributed by atoms with van der Waals surface area (Å²) in [6.07, 6.45) is 2.87. The molecule has 2 aromatic carbocycles. The molecule has 1 aliphatic carbocycles. The molecule has 7 nitrogen and oxygen atoms in total. The van der Waals surface area contributed by atoms with E-state index in [1.807, 2.05) is 42.5 Å². The molecule has 0 amide bonds. The second kappa shape index (κ2) is 8.17. The van der Waals surface area contributed by atoms with Gasteiger partial charge in [0.1, 0.15) is 0 Å². The Kier molecular flexibility index (Phi) is 5.21. The number of ether oxygens (including phenoxy) is 1. The van der Waals surface area contributed by atoms with E-state index in [0.717, 1.165) is 11.1 Å². The Bertz CT molecular complexity index is 1320. The van der Waals surface area contributed by atoms with Gasteiger partial charge >= 0.3 is 5.69 Å². The number of halogens is 1. The van der Waals surface area contributed by atoms with Crippen LogP contribution < -0.4 is 11.2 Å². The Balaban J connectivity index is 1.35. The van der Waals surface area contributed by atoms with Crippen molar-refractivity contribution in [2.45, 2.75) is 38.1 Å². The van der Waals surface area contributed by atoms with Crippen molar-refractivity contribution in [2.24, 2.45) is 0 Å². The molecular weight excluding hydrogens is 416 g/mol. The van der Waals surface area contributed by atoms with Crippen molar-refractivity contribution in [1.82, 2.24) is 19.1 Å². The Morgan fingerprint density at radius 2 is 1.77 bits per heavy atom. The van der Waals surface area contributed by atoms with Gasteiger partial charge in [-0.1, -0.05) is 54.1 Å². The van der Waals surface area contributed by atoms with Gasteiger partial charge in [0.05, 0.1) is 19.0 Å². The summed E-state index contributed by atoms with van der Waals surface area (Å²) in [4.78, 5) is 32.8. The molecule has 0 spiro atoms. The van der Waals surface area contributed by atoms with Crippen LogP contribution in [0.5, 0.6) is 0 Å². The van der Waals surface area contributed by atoms with Gasteiger partial charge in [0.15, 0.2) is 11.2 Å². The monoisotopic (exact) mass is 436 g/mol. The van der Waals surface area contributed by atoms with Gasteiger partial charge in [0, 0.05) is 17.6 Å². The first kappa shape index (κ1) is 19.8. The molecule has 2 heterocycles. The minimum absolute atomic E-state index is 0.0335. The maximum Gasteiger partial charge on any atom is 0.330 e. The minimum Gasteiger partial charge on any atom is -0.373 e. The summed E-state index contributed by atoms with van der Waals surface area (Å²) >= 11 is 5.96. The lowest BCUT2D eigenvalue weighted by Crippen LogP contribution is -2.45. The third-order valence-electron chi connectivity index (χ3n) is 5.73. The number of nitrogens with one attached hydrogen (secondary N) is 1. The van der Waals surface area contributed by atoms with Crippen molar-refractivity contribution in [3.63, 3.8) is 0 Å². The van der Waals surface area contributed by atoms with Crippen molar-refractivity contribution in [1.29, 1.82) is 0 Å². The topological polar surface area (TPSA) is 81.9 Å². The summed E-state index contributed by atoms with van der Waals surface area (Å²) in [5.41, 5.74) is 2.03. The molecule has 0 saturated heterocycles. The summed E-state index contributed by atoms with van der Waals surface area (Å²) in [7, 11) is 0. The molecule has 1 saturated carbocycles. The number of hydrogen-bond donors (Lipinski definition) is 1. The standard InChI is InChI=1S/C23H21ClN4O3/c24-17-8-6-15(7-9-17)12-27-14-25-21-20(27)22(29)28(23(30)26-21)18-10-19(11-18)31-13-16-4-2-1-3-5-16/h1-9,14,18-19H,10-13H2,(H,26,30). The van der Waals surface area contributed by atoms with Crippen molar-refractivity contribution in [3.8, 4) is 0 Å². The molecule has 0 bridgehead atoms. The first-order valence-corrected chi connectivity index (χ1v) is 10.6. The van der Waals surface area contributed by atoms with E-state index in [1.54, 1.807) is 23.0 Å².